The molecule has 0 bridgehead atoms. The second kappa shape index (κ2) is 7.40. The fourth-order valence-corrected chi connectivity index (χ4v) is 2.49. The zero-order valence-corrected chi connectivity index (χ0v) is 13.1. The van der Waals surface area contributed by atoms with E-state index in [0.29, 0.717) is 13.0 Å². The van der Waals surface area contributed by atoms with Crippen LogP contribution >= 0.6 is 0 Å². The fourth-order valence-electron chi connectivity index (χ4n) is 2.49. The van der Waals surface area contributed by atoms with E-state index in [4.69, 9.17) is 9.84 Å². The third kappa shape index (κ3) is 4.56. The molecule has 0 heterocycles. The standard InChI is InChI=1S/C17H23NO4/c1-12(17(20)21)10-18(15-6-7-15)16(19)9-13-4-3-5-14(8-13)11-22-2/h3-5,8,12,15H,6-7,9-11H2,1-2H3,(H,20,21). The first-order valence-electron chi connectivity index (χ1n) is 7.60. The number of benzene rings is 1. The number of rotatable bonds is 8. The Bertz CT molecular complexity index is 539. The molecule has 2 rings (SSSR count). The van der Waals surface area contributed by atoms with Crippen LogP contribution < -0.4 is 0 Å². The average Bonchev–Trinajstić information content (AvgIpc) is 3.29. The highest BCUT2D eigenvalue weighted by atomic mass is 16.5. The van der Waals surface area contributed by atoms with Gasteiger partial charge in [0.1, 0.15) is 0 Å². The largest absolute Gasteiger partial charge is 0.481 e. The molecule has 1 aliphatic carbocycles. The number of methoxy groups -OCH3 is 1. The molecule has 0 saturated heterocycles. The number of carbonyl (C=O) groups excluding carboxylic acids is 1. The predicted octanol–water partition coefficient (Wildman–Crippen LogP) is 2.09. The zero-order chi connectivity index (χ0) is 16.1. The molecular weight excluding hydrogens is 282 g/mol. The summed E-state index contributed by atoms with van der Waals surface area (Å²) in [5.41, 5.74) is 1.97. The van der Waals surface area contributed by atoms with Crippen molar-refractivity contribution in [2.45, 2.75) is 38.8 Å². The lowest BCUT2D eigenvalue weighted by atomic mass is 10.1. The van der Waals surface area contributed by atoms with Crippen molar-refractivity contribution in [3.05, 3.63) is 35.4 Å². The lowest BCUT2D eigenvalue weighted by Gasteiger charge is -2.24. The molecule has 1 aromatic rings. The van der Waals surface area contributed by atoms with Gasteiger partial charge in [-0.25, -0.2) is 0 Å². The molecule has 1 atom stereocenters. The Kier molecular flexibility index (Phi) is 5.55. The van der Waals surface area contributed by atoms with Crippen molar-refractivity contribution in [3.63, 3.8) is 0 Å². The Morgan fingerprint density at radius 3 is 2.64 bits per heavy atom. The number of hydrogen-bond acceptors (Lipinski definition) is 3. The molecule has 1 amide bonds. The summed E-state index contributed by atoms with van der Waals surface area (Å²) in [5.74, 6) is -1.39. The molecule has 1 N–H and O–H groups in total. The van der Waals surface area contributed by atoms with E-state index in [0.717, 1.165) is 24.0 Å². The molecule has 0 radical (unpaired) electrons. The number of carbonyl (C=O) groups is 2. The SMILES string of the molecule is COCc1cccc(CC(=O)N(CC(C)C(=O)O)C2CC2)c1. The van der Waals surface area contributed by atoms with E-state index in [1.54, 1.807) is 18.9 Å². The van der Waals surface area contributed by atoms with Gasteiger partial charge in [0.05, 0.1) is 18.9 Å². The molecule has 1 fully saturated rings. The maximum atomic E-state index is 12.5. The Balaban J connectivity index is 2.01. The minimum absolute atomic E-state index is 0.00478. The molecule has 1 aliphatic rings. The first-order chi connectivity index (χ1) is 10.5. The summed E-state index contributed by atoms with van der Waals surface area (Å²) < 4.78 is 5.10. The molecule has 120 valence electrons. The Morgan fingerprint density at radius 1 is 1.36 bits per heavy atom. The van der Waals surface area contributed by atoms with Gasteiger partial charge in [0.15, 0.2) is 0 Å². The predicted molar refractivity (Wildman–Crippen MR) is 82.4 cm³/mol. The van der Waals surface area contributed by atoms with Gasteiger partial charge < -0.3 is 14.7 Å². The summed E-state index contributed by atoms with van der Waals surface area (Å²) >= 11 is 0. The van der Waals surface area contributed by atoms with Crippen LogP contribution in [0.3, 0.4) is 0 Å². The molecule has 1 saturated carbocycles. The highest BCUT2D eigenvalue weighted by Gasteiger charge is 2.34. The van der Waals surface area contributed by atoms with Crippen LogP contribution in [0.5, 0.6) is 0 Å². The smallest absolute Gasteiger partial charge is 0.308 e. The van der Waals surface area contributed by atoms with E-state index in [1.807, 2.05) is 24.3 Å². The van der Waals surface area contributed by atoms with Crippen molar-refractivity contribution in [1.29, 1.82) is 0 Å². The molecule has 0 aliphatic heterocycles. The number of aliphatic carboxylic acids is 1. The summed E-state index contributed by atoms with van der Waals surface area (Å²) in [7, 11) is 1.64. The van der Waals surface area contributed by atoms with Gasteiger partial charge in [0.25, 0.3) is 0 Å². The van der Waals surface area contributed by atoms with E-state index >= 15 is 0 Å². The molecule has 1 aromatic carbocycles. The van der Waals surface area contributed by atoms with E-state index in [-0.39, 0.29) is 18.5 Å². The summed E-state index contributed by atoms with van der Waals surface area (Å²) in [6.45, 7) is 2.45. The van der Waals surface area contributed by atoms with Gasteiger partial charge in [-0.3, -0.25) is 9.59 Å². The summed E-state index contributed by atoms with van der Waals surface area (Å²) in [5, 5.41) is 9.05. The van der Waals surface area contributed by atoms with Crippen molar-refractivity contribution in [1.82, 2.24) is 4.90 Å². The summed E-state index contributed by atoms with van der Waals surface area (Å²) in [6, 6.07) is 7.98. The van der Waals surface area contributed by atoms with Crippen LogP contribution in [0, 0.1) is 5.92 Å². The minimum Gasteiger partial charge on any atom is -0.481 e. The lowest BCUT2D eigenvalue weighted by molar-refractivity contribution is -0.143. The van der Waals surface area contributed by atoms with Crippen molar-refractivity contribution in [3.8, 4) is 0 Å². The number of carboxylic acids is 1. The molecule has 0 spiro atoms. The van der Waals surface area contributed by atoms with Crippen LogP contribution in [0.2, 0.25) is 0 Å². The first-order valence-corrected chi connectivity index (χ1v) is 7.60. The first kappa shape index (κ1) is 16.5. The third-order valence-corrected chi connectivity index (χ3v) is 3.86. The molecular formula is C17H23NO4. The quantitative estimate of drug-likeness (QED) is 0.798. The number of ether oxygens (including phenoxy) is 1. The Hall–Kier alpha value is -1.88. The zero-order valence-electron chi connectivity index (χ0n) is 13.1. The van der Waals surface area contributed by atoms with E-state index in [9.17, 15) is 9.59 Å². The molecule has 5 nitrogen and oxygen atoms in total. The Labute approximate surface area is 130 Å². The molecule has 5 heteroatoms. The number of amides is 1. The highest BCUT2D eigenvalue weighted by Crippen LogP contribution is 2.28. The van der Waals surface area contributed by atoms with Gasteiger partial charge in [0, 0.05) is 19.7 Å². The number of hydrogen-bond donors (Lipinski definition) is 1. The molecule has 0 aromatic heterocycles. The topological polar surface area (TPSA) is 66.8 Å². The second-order valence-corrected chi connectivity index (χ2v) is 5.95. The minimum atomic E-state index is -0.861. The van der Waals surface area contributed by atoms with Crippen LogP contribution in [0.25, 0.3) is 0 Å². The maximum absolute atomic E-state index is 12.5. The average molecular weight is 305 g/mol. The van der Waals surface area contributed by atoms with Gasteiger partial charge in [0.2, 0.25) is 5.91 Å². The van der Waals surface area contributed by atoms with Gasteiger partial charge in [-0.2, -0.15) is 0 Å². The van der Waals surface area contributed by atoms with Crippen molar-refractivity contribution < 1.29 is 19.4 Å². The highest BCUT2D eigenvalue weighted by molar-refractivity contribution is 5.80. The van der Waals surface area contributed by atoms with Crippen molar-refractivity contribution in [2.75, 3.05) is 13.7 Å². The van der Waals surface area contributed by atoms with Gasteiger partial charge in [-0.1, -0.05) is 31.2 Å². The van der Waals surface area contributed by atoms with Crippen LogP contribution in [-0.2, 0) is 27.4 Å². The van der Waals surface area contributed by atoms with Gasteiger partial charge >= 0.3 is 5.97 Å². The maximum Gasteiger partial charge on any atom is 0.308 e. The normalized spacial score (nSPS) is 15.4. The van der Waals surface area contributed by atoms with E-state index in [2.05, 4.69) is 0 Å². The summed E-state index contributed by atoms with van der Waals surface area (Å²) in [6.07, 6.45) is 2.25. The van der Waals surface area contributed by atoms with Crippen LogP contribution in [0.4, 0.5) is 0 Å². The monoisotopic (exact) mass is 305 g/mol. The summed E-state index contributed by atoms with van der Waals surface area (Å²) in [4.78, 5) is 25.3. The Morgan fingerprint density at radius 2 is 2.05 bits per heavy atom. The van der Waals surface area contributed by atoms with Crippen LogP contribution in [-0.4, -0.2) is 41.6 Å². The van der Waals surface area contributed by atoms with Crippen molar-refractivity contribution >= 4 is 11.9 Å². The third-order valence-electron chi connectivity index (χ3n) is 3.86. The van der Waals surface area contributed by atoms with E-state index in [1.165, 1.54) is 0 Å². The molecule has 22 heavy (non-hydrogen) atoms. The molecule has 1 unspecified atom stereocenters. The van der Waals surface area contributed by atoms with Crippen LogP contribution in [0.15, 0.2) is 24.3 Å². The number of nitrogens with zero attached hydrogens (tertiary/aromatic N) is 1. The van der Waals surface area contributed by atoms with Gasteiger partial charge in [-0.15, -0.1) is 0 Å². The lowest BCUT2D eigenvalue weighted by Crippen LogP contribution is -2.39. The van der Waals surface area contributed by atoms with Crippen molar-refractivity contribution in [2.24, 2.45) is 5.92 Å². The van der Waals surface area contributed by atoms with E-state index < -0.39 is 11.9 Å². The van der Waals surface area contributed by atoms with Gasteiger partial charge in [-0.05, 0) is 24.0 Å². The second-order valence-electron chi connectivity index (χ2n) is 5.95. The fraction of sp³-hybridized carbons (Fsp3) is 0.529. The number of carboxylic acid groups (broad SMARTS) is 1. The van der Waals surface area contributed by atoms with Crippen LogP contribution in [0.1, 0.15) is 30.9 Å².